The lowest BCUT2D eigenvalue weighted by molar-refractivity contribution is 0.722. The second-order valence-electron chi connectivity index (χ2n) is 17.5. The molecule has 2 heteroatoms. The molecule has 1 aliphatic heterocycles. The Morgan fingerprint density at radius 3 is 1.39 bits per heavy atom. The molecule has 1 aliphatic carbocycles. The number of fused-ring (bicyclic) bond motifs is 10. The maximum atomic E-state index is 2.53. The second-order valence-corrected chi connectivity index (χ2v) is 18.6. The van der Waals surface area contributed by atoms with Gasteiger partial charge in [-0.05, 0) is 114 Å². The number of hydrogen-bond donors (Lipinski definition) is 0. The van der Waals surface area contributed by atoms with Gasteiger partial charge < -0.3 is 4.90 Å². The van der Waals surface area contributed by atoms with E-state index < -0.39 is 5.41 Å². The zero-order chi connectivity index (χ0) is 44.3. The van der Waals surface area contributed by atoms with Crippen LogP contribution in [0, 0.1) is 0 Å². The number of rotatable bonds is 7. The van der Waals surface area contributed by atoms with Crippen LogP contribution in [0.15, 0.2) is 271 Å². The van der Waals surface area contributed by atoms with Crippen LogP contribution in [0.25, 0.3) is 66.4 Å². The molecule has 0 radical (unpaired) electrons. The highest BCUT2D eigenvalue weighted by Crippen LogP contribution is 2.63. The number of benzene rings is 11. The molecule has 11 aromatic carbocycles. The smallest absolute Gasteiger partial charge is 0.0736 e. The van der Waals surface area contributed by atoms with E-state index in [1.165, 1.54) is 81.8 Å². The van der Waals surface area contributed by atoms with Crippen molar-refractivity contribution in [3.05, 3.63) is 283 Å². The quantitative estimate of drug-likeness (QED) is 0.157. The molecule has 0 aromatic heterocycles. The maximum absolute atomic E-state index is 2.53. The Hall–Kier alpha value is -8.17. The zero-order valence-electron chi connectivity index (χ0n) is 36.7. The summed E-state index contributed by atoms with van der Waals surface area (Å²) in [6, 6.07) is 96.4. The maximum Gasteiger partial charge on any atom is 0.0736 e. The van der Waals surface area contributed by atoms with Gasteiger partial charge in [-0.15, -0.1) is 0 Å². The number of anilines is 3. The van der Waals surface area contributed by atoms with Gasteiger partial charge in [0.1, 0.15) is 0 Å². The van der Waals surface area contributed by atoms with Gasteiger partial charge in [-0.25, -0.2) is 0 Å². The molecule has 314 valence electrons. The highest BCUT2D eigenvalue weighted by Gasteiger charge is 2.50. The van der Waals surface area contributed by atoms with Crippen LogP contribution < -0.4 is 4.90 Å². The summed E-state index contributed by atoms with van der Waals surface area (Å²) >= 11 is 1.89. The molecule has 0 saturated heterocycles. The summed E-state index contributed by atoms with van der Waals surface area (Å²) in [5.74, 6) is 0. The van der Waals surface area contributed by atoms with Crippen molar-refractivity contribution in [1.82, 2.24) is 0 Å². The predicted octanol–water partition coefficient (Wildman–Crippen LogP) is 17.8. The van der Waals surface area contributed by atoms with Crippen LogP contribution in [-0.2, 0) is 5.41 Å². The Balaban J connectivity index is 1.07. The van der Waals surface area contributed by atoms with Gasteiger partial charge in [0.15, 0.2) is 0 Å². The Morgan fingerprint density at radius 1 is 0.269 bits per heavy atom. The zero-order valence-corrected chi connectivity index (χ0v) is 37.5. The van der Waals surface area contributed by atoms with Crippen LogP contribution >= 0.6 is 11.8 Å². The van der Waals surface area contributed by atoms with Crippen molar-refractivity contribution in [2.24, 2.45) is 0 Å². The van der Waals surface area contributed by atoms with Gasteiger partial charge in [-0.2, -0.15) is 0 Å². The molecule has 0 atom stereocenters. The van der Waals surface area contributed by atoms with E-state index in [4.69, 9.17) is 0 Å². The molecule has 67 heavy (non-hydrogen) atoms. The minimum absolute atomic E-state index is 0.512. The van der Waals surface area contributed by atoms with Crippen LogP contribution in [0.1, 0.15) is 22.3 Å². The summed E-state index contributed by atoms with van der Waals surface area (Å²) in [7, 11) is 0. The van der Waals surface area contributed by atoms with Crippen LogP contribution in [0.5, 0.6) is 0 Å². The molecule has 1 spiro atoms. The number of nitrogens with zero attached hydrogens (tertiary/aromatic N) is 1. The second kappa shape index (κ2) is 16.1. The van der Waals surface area contributed by atoms with Crippen molar-refractivity contribution in [2.75, 3.05) is 4.90 Å². The van der Waals surface area contributed by atoms with Crippen molar-refractivity contribution < 1.29 is 0 Å². The monoisotopic (exact) mass is 869 g/mol. The lowest BCUT2D eigenvalue weighted by Gasteiger charge is -2.40. The van der Waals surface area contributed by atoms with E-state index in [9.17, 15) is 0 Å². The fourth-order valence-corrected chi connectivity index (χ4v) is 12.3. The molecular weight excluding hydrogens is 827 g/mol. The summed E-state index contributed by atoms with van der Waals surface area (Å²) < 4.78 is 0. The van der Waals surface area contributed by atoms with Crippen LogP contribution in [0.4, 0.5) is 17.1 Å². The molecule has 2 aliphatic rings. The average Bonchev–Trinajstić information content (AvgIpc) is 3.69. The first kappa shape index (κ1) is 39.2. The van der Waals surface area contributed by atoms with E-state index in [0.717, 1.165) is 33.8 Å². The van der Waals surface area contributed by atoms with E-state index in [-0.39, 0.29) is 0 Å². The van der Waals surface area contributed by atoms with Gasteiger partial charge in [0.25, 0.3) is 0 Å². The van der Waals surface area contributed by atoms with Gasteiger partial charge in [0.2, 0.25) is 0 Å². The van der Waals surface area contributed by atoms with Crippen LogP contribution in [-0.4, -0.2) is 0 Å². The first-order valence-electron chi connectivity index (χ1n) is 23.1. The Kier molecular flexibility index (Phi) is 9.40. The fourth-order valence-electron chi connectivity index (χ4n) is 11.1. The summed E-state index contributed by atoms with van der Waals surface area (Å²) in [5, 5.41) is 2.45. The summed E-state index contributed by atoms with van der Waals surface area (Å²) in [6.07, 6.45) is 0. The molecule has 11 aromatic rings. The lowest BCUT2D eigenvalue weighted by atomic mass is 9.67. The largest absolute Gasteiger partial charge is 0.309 e. The molecule has 0 N–H and O–H groups in total. The van der Waals surface area contributed by atoms with Crippen molar-refractivity contribution in [2.45, 2.75) is 15.2 Å². The van der Waals surface area contributed by atoms with Gasteiger partial charge in [-0.1, -0.05) is 236 Å². The SMILES string of the molecule is c1ccc(-c2ccc(-c3ccccc3N(c3ccc4c(c3)C3(c5ccccc5Sc5ccccc53)c3ccccc3-4)c3ccccc3-c3ccc(-c4ccccc4)c4ccccc34)cc2)cc1. The Morgan fingerprint density at radius 2 is 0.701 bits per heavy atom. The summed E-state index contributed by atoms with van der Waals surface area (Å²) in [5.41, 5.74) is 20.2. The molecule has 0 amide bonds. The number of para-hydroxylation sites is 2. The highest BCUT2D eigenvalue weighted by atomic mass is 32.2. The van der Waals surface area contributed by atoms with Crippen molar-refractivity contribution in [3.63, 3.8) is 0 Å². The van der Waals surface area contributed by atoms with E-state index >= 15 is 0 Å². The lowest BCUT2D eigenvalue weighted by Crippen LogP contribution is -2.32. The van der Waals surface area contributed by atoms with Gasteiger partial charge in [0.05, 0.1) is 16.8 Å². The summed E-state index contributed by atoms with van der Waals surface area (Å²) in [4.78, 5) is 5.13. The number of hydrogen-bond acceptors (Lipinski definition) is 2. The fraction of sp³-hybridized carbons (Fsp3) is 0.0154. The third-order valence-electron chi connectivity index (χ3n) is 14.0. The van der Waals surface area contributed by atoms with Gasteiger partial charge in [-0.3, -0.25) is 0 Å². The Labute approximate surface area is 396 Å². The molecular formula is C65H43NS. The molecule has 1 nitrogen and oxygen atoms in total. The molecule has 0 bridgehead atoms. The minimum Gasteiger partial charge on any atom is -0.309 e. The summed E-state index contributed by atoms with van der Waals surface area (Å²) in [6.45, 7) is 0. The standard InChI is InChI=1S/C65H43NS/c1-3-19-44(20-4-1)45-35-37-47(38-36-45)50-23-10-15-31-61(50)66(62-32-16-11-27-56(62)53-42-41-49(46-21-5-2-6-22-46)51-24-7-8-25-52(51)53)48-39-40-55-54-26-9-12-28-57(54)65(60(55)43-48)58-29-13-17-33-63(58)67-64-34-18-14-30-59(64)65/h1-43H. The average molecular weight is 870 g/mol. The third-order valence-corrected chi connectivity index (χ3v) is 15.1. The highest BCUT2D eigenvalue weighted by molar-refractivity contribution is 7.99. The van der Waals surface area contributed by atoms with Crippen molar-refractivity contribution in [3.8, 4) is 55.6 Å². The van der Waals surface area contributed by atoms with Crippen LogP contribution in [0.3, 0.4) is 0 Å². The molecule has 1 heterocycles. The Bertz CT molecular complexity index is 3620. The van der Waals surface area contributed by atoms with E-state index in [2.05, 4.69) is 266 Å². The third kappa shape index (κ3) is 6.25. The van der Waals surface area contributed by atoms with E-state index in [0.29, 0.717) is 0 Å². The molecule has 0 fully saturated rings. The topological polar surface area (TPSA) is 3.24 Å². The van der Waals surface area contributed by atoms with Crippen molar-refractivity contribution >= 4 is 39.6 Å². The van der Waals surface area contributed by atoms with Crippen LogP contribution in [0.2, 0.25) is 0 Å². The molecule has 13 rings (SSSR count). The minimum atomic E-state index is -0.512. The van der Waals surface area contributed by atoms with E-state index in [1.807, 2.05) is 11.8 Å². The molecule has 0 saturated carbocycles. The van der Waals surface area contributed by atoms with E-state index in [1.54, 1.807) is 0 Å². The van der Waals surface area contributed by atoms with Crippen molar-refractivity contribution in [1.29, 1.82) is 0 Å². The van der Waals surface area contributed by atoms with Gasteiger partial charge in [0, 0.05) is 26.6 Å². The predicted molar refractivity (Wildman–Crippen MR) is 282 cm³/mol. The first-order chi connectivity index (χ1) is 33.3. The van der Waals surface area contributed by atoms with Gasteiger partial charge >= 0.3 is 0 Å². The normalized spacial score (nSPS) is 12.8. The first-order valence-corrected chi connectivity index (χ1v) is 23.9. The molecule has 0 unspecified atom stereocenters.